The molecule has 2 saturated carbocycles. The Balaban J connectivity index is 1.37. The number of carbonyl (C=O) groups is 1. The molecule has 6 nitrogen and oxygen atoms in total. The fourth-order valence-electron chi connectivity index (χ4n) is 3.98. The van der Waals surface area contributed by atoms with Crippen LogP contribution < -0.4 is 16.0 Å². The number of rotatable bonds is 8. The number of nitrogens with one attached hydrogen (secondary N) is 3. The highest BCUT2D eigenvalue weighted by Crippen LogP contribution is 2.26. The first-order valence-electron chi connectivity index (χ1n) is 10.3. The lowest BCUT2D eigenvalue weighted by Gasteiger charge is -2.24. The van der Waals surface area contributed by atoms with E-state index in [1.165, 1.54) is 38.6 Å². The predicted molar refractivity (Wildman–Crippen MR) is 102 cm³/mol. The van der Waals surface area contributed by atoms with E-state index >= 15 is 0 Å². The number of likely N-dealkylation sites (tertiary alicyclic amines) is 1. The smallest absolute Gasteiger partial charge is 0.220 e. The quantitative estimate of drug-likeness (QED) is 0.354. The topological polar surface area (TPSA) is 68.8 Å². The van der Waals surface area contributed by atoms with E-state index < -0.39 is 0 Å². The Morgan fingerprint density at radius 3 is 2.60 bits per heavy atom. The molecule has 0 aromatic carbocycles. The van der Waals surface area contributed by atoms with Gasteiger partial charge in [-0.15, -0.1) is 0 Å². The summed E-state index contributed by atoms with van der Waals surface area (Å²) in [6, 6.07) is 1.77. The van der Waals surface area contributed by atoms with Crippen molar-refractivity contribution in [2.45, 2.75) is 82.8 Å². The maximum atomic E-state index is 11.7. The van der Waals surface area contributed by atoms with Crippen molar-refractivity contribution in [2.75, 3.05) is 26.2 Å². The van der Waals surface area contributed by atoms with E-state index in [4.69, 9.17) is 0 Å². The molecule has 2 aliphatic carbocycles. The lowest BCUT2D eigenvalue weighted by molar-refractivity contribution is -0.121. The zero-order chi connectivity index (χ0) is 17.5. The predicted octanol–water partition coefficient (Wildman–Crippen LogP) is 1.62. The van der Waals surface area contributed by atoms with Crippen molar-refractivity contribution in [2.24, 2.45) is 4.99 Å². The molecule has 3 N–H and O–H groups in total. The van der Waals surface area contributed by atoms with Crippen LogP contribution in [0.3, 0.4) is 0 Å². The third-order valence-corrected chi connectivity index (χ3v) is 5.52. The van der Waals surface area contributed by atoms with Gasteiger partial charge in [0.05, 0.1) is 0 Å². The van der Waals surface area contributed by atoms with E-state index in [9.17, 15) is 4.79 Å². The molecule has 3 aliphatic rings. The maximum Gasteiger partial charge on any atom is 0.220 e. The van der Waals surface area contributed by atoms with Crippen molar-refractivity contribution in [3.63, 3.8) is 0 Å². The molecule has 0 spiro atoms. The SMILES string of the molecule is CCNC(=NCCCC(=O)NC1CC1)NC1CCN(C2CCCC2)C1. The van der Waals surface area contributed by atoms with Crippen LogP contribution in [0.5, 0.6) is 0 Å². The maximum absolute atomic E-state index is 11.7. The molecule has 6 heteroatoms. The molecule has 25 heavy (non-hydrogen) atoms. The van der Waals surface area contributed by atoms with Crippen molar-refractivity contribution in [1.29, 1.82) is 0 Å². The minimum Gasteiger partial charge on any atom is -0.357 e. The van der Waals surface area contributed by atoms with Crippen LogP contribution >= 0.6 is 0 Å². The third-order valence-electron chi connectivity index (χ3n) is 5.52. The van der Waals surface area contributed by atoms with Crippen LogP contribution in [0.2, 0.25) is 0 Å². The molecule has 1 saturated heterocycles. The zero-order valence-corrected chi connectivity index (χ0v) is 15.7. The lowest BCUT2D eigenvalue weighted by Crippen LogP contribution is -2.45. The van der Waals surface area contributed by atoms with Crippen LogP contribution in [-0.2, 0) is 4.79 Å². The molecule has 0 bridgehead atoms. The number of hydrogen-bond acceptors (Lipinski definition) is 3. The Hall–Kier alpha value is -1.30. The number of amides is 1. The summed E-state index contributed by atoms with van der Waals surface area (Å²) in [6.45, 7) is 6.02. The molecular weight excluding hydrogens is 314 g/mol. The second-order valence-electron chi connectivity index (χ2n) is 7.77. The van der Waals surface area contributed by atoms with Gasteiger partial charge >= 0.3 is 0 Å². The highest BCUT2D eigenvalue weighted by molar-refractivity contribution is 5.80. The first-order valence-corrected chi connectivity index (χ1v) is 10.3. The van der Waals surface area contributed by atoms with Gasteiger partial charge in [0.25, 0.3) is 0 Å². The molecule has 0 aromatic heterocycles. The summed E-state index contributed by atoms with van der Waals surface area (Å²) in [4.78, 5) is 19.0. The summed E-state index contributed by atoms with van der Waals surface area (Å²) < 4.78 is 0. The van der Waals surface area contributed by atoms with Crippen LogP contribution in [0.1, 0.15) is 64.7 Å². The van der Waals surface area contributed by atoms with E-state index in [0.717, 1.165) is 44.4 Å². The minimum atomic E-state index is 0.179. The van der Waals surface area contributed by atoms with Crippen LogP contribution in [0.15, 0.2) is 4.99 Å². The van der Waals surface area contributed by atoms with E-state index in [-0.39, 0.29) is 5.91 Å². The van der Waals surface area contributed by atoms with Crippen LogP contribution in [0, 0.1) is 0 Å². The number of guanidine groups is 1. The monoisotopic (exact) mass is 349 g/mol. The van der Waals surface area contributed by atoms with Crippen molar-refractivity contribution in [3.05, 3.63) is 0 Å². The van der Waals surface area contributed by atoms with Gasteiger partial charge in [-0.2, -0.15) is 0 Å². The van der Waals surface area contributed by atoms with Gasteiger partial charge in [0.2, 0.25) is 5.91 Å². The van der Waals surface area contributed by atoms with Gasteiger partial charge in [0.15, 0.2) is 5.96 Å². The van der Waals surface area contributed by atoms with Crippen molar-refractivity contribution >= 4 is 11.9 Å². The Labute approximate surface area is 152 Å². The molecule has 1 unspecified atom stereocenters. The first-order chi connectivity index (χ1) is 12.2. The molecule has 142 valence electrons. The van der Waals surface area contributed by atoms with Gasteiger partial charge in [-0.25, -0.2) is 0 Å². The summed E-state index contributed by atoms with van der Waals surface area (Å²) in [5.41, 5.74) is 0. The van der Waals surface area contributed by atoms with E-state index in [1.54, 1.807) is 0 Å². The Bertz CT molecular complexity index is 457. The van der Waals surface area contributed by atoms with Gasteiger partial charge < -0.3 is 16.0 Å². The molecular formula is C19H35N5O. The van der Waals surface area contributed by atoms with Gasteiger partial charge in [0.1, 0.15) is 0 Å². The number of hydrogen-bond donors (Lipinski definition) is 3. The molecule has 1 amide bonds. The largest absolute Gasteiger partial charge is 0.357 e. The molecule has 1 aliphatic heterocycles. The second-order valence-corrected chi connectivity index (χ2v) is 7.77. The summed E-state index contributed by atoms with van der Waals surface area (Å²) >= 11 is 0. The van der Waals surface area contributed by atoms with E-state index in [2.05, 4.69) is 32.8 Å². The molecule has 1 atom stereocenters. The van der Waals surface area contributed by atoms with Gasteiger partial charge in [-0.3, -0.25) is 14.7 Å². The van der Waals surface area contributed by atoms with Crippen LogP contribution in [0.25, 0.3) is 0 Å². The minimum absolute atomic E-state index is 0.179. The number of carbonyl (C=O) groups excluding carboxylic acids is 1. The second kappa shape index (κ2) is 9.41. The average Bonchev–Trinajstić information content (AvgIpc) is 3.07. The first kappa shape index (κ1) is 18.5. The highest BCUT2D eigenvalue weighted by Gasteiger charge is 2.30. The summed E-state index contributed by atoms with van der Waals surface area (Å²) in [6.07, 6.45) is 10.5. The summed E-state index contributed by atoms with van der Waals surface area (Å²) in [5.74, 6) is 1.09. The molecule has 0 aromatic rings. The van der Waals surface area contributed by atoms with Gasteiger partial charge in [-0.05, 0) is 45.4 Å². The molecule has 0 radical (unpaired) electrons. The third kappa shape index (κ3) is 6.17. The Kier molecular flexibility index (Phi) is 6.96. The van der Waals surface area contributed by atoms with Crippen molar-refractivity contribution < 1.29 is 4.79 Å². The highest BCUT2D eigenvalue weighted by atomic mass is 16.1. The molecule has 3 fully saturated rings. The summed E-state index contributed by atoms with van der Waals surface area (Å²) in [5, 5.41) is 9.97. The number of aliphatic imine (C=N–C) groups is 1. The fourth-order valence-corrected chi connectivity index (χ4v) is 3.98. The summed E-state index contributed by atoms with van der Waals surface area (Å²) in [7, 11) is 0. The molecule has 1 heterocycles. The zero-order valence-electron chi connectivity index (χ0n) is 15.7. The van der Waals surface area contributed by atoms with Crippen LogP contribution in [-0.4, -0.2) is 61.1 Å². The fraction of sp³-hybridized carbons (Fsp3) is 0.895. The van der Waals surface area contributed by atoms with E-state index in [0.29, 0.717) is 25.0 Å². The standard InChI is InChI=1S/C19H35N5O/c1-2-20-19(21-12-5-8-18(25)22-15-9-10-15)23-16-11-13-24(14-16)17-6-3-4-7-17/h15-17H,2-14H2,1H3,(H,22,25)(H2,20,21,23). The van der Waals surface area contributed by atoms with E-state index in [1.807, 2.05) is 0 Å². The van der Waals surface area contributed by atoms with Crippen molar-refractivity contribution in [3.8, 4) is 0 Å². The normalized spacial score (nSPS) is 25.3. The lowest BCUT2D eigenvalue weighted by atomic mass is 10.2. The average molecular weight is 350 g/mol. The van der Waals surface area contributed by atoms with Gasteiger partial charge in [-0.1, -0.05) is 12.8 Å². The Morgan fingerprint density at radius 2 is 1.88 bits per heavy atom. The van der Waals surface area contributed by atoms with Gasteiger partial charge in [0, 0.05) is 50.7 Å². The Morgan fingerprint density at radius 1 is 1.08 bits per heavy atom. The molecule has 3 rings (SSSR count). The van der Waals surface area contributed by atoms with Crippen LogP contribution in [0.4, 0.5) is 0 Å². The van der Waals surface area contributed by atoms with Crippen molar-refractivity contribution in [1.82, 2.24) is 20.9 Å². The number of nitrogens with zero attached hydrogens (tertiary/aromatic N) is 2.